The van der Waals surface area contributed by atoms with Crippen LogP contribution in [-0.4, -0.2) is 11.0 Å². The molecule has 1 saturated carbocycles. The molecule has 0 spiro atoms. The predicted molar refractivity (Wildman–Crippen MR) is 80.1 cm³/mol. The van der Waals surface area contributed by atoms with Gasteiger partial charge in [-0.1, -0.05) is 32.8 Å². The maximum absolute atomic E-state index is 11.9. The zero-order valence-corrected chi connectivity index (χ0v) is 11.9. The number of hydrogen-bond acceptors (Lipinski definition) is 2. The van der Waals surface area contributed by atoms with Gasteiger partial charge in [-0.15, -0.1) is 5.73 Å². The summed E-state index contributed by atoms with van der Waals surface area (Å²) in [5, 5.41) is 0. The molecule has 1 aromatic rings. The third-order valence-electron chi connectivity index (χ3n) is 4.03. The van der Waals surface area contributed by atoms with E-state index in [4.69, 9.17) is 5.73 Å². The molecule has 2 N–H and O–H groups in total. The molecule has 4 nitrogen and oxygen atoms in total. The molecule has 2 atom stereocenters. The number of nitrogens with zero attached hydrogens (tertiary/aromatic N) is 2. The number of aromatic nitrogens is 1. The predicted octanol–water partition coefficient (Wildman–Crippen LogP) is 3.46. The minimum absolute atomic E-state index is 0.280. The van der Waals surface area contributed by atoms with Crippen LogP contribution in [0.1, 0.15) is 32.6 Å². The summed E-state index contributed by atoms with van der Waals surface area (Å²) in [5.74, 6) is 0.790. The molecule has 0 radical (unpaired) electrons. The van der Waals surface area contributed by atoms with Crippen LogP contribution in [0.5, 0.6) is 0 Å². The molecule has 2 amide bonds. The summed E-state index contributed by atoms with van der Waals surface area (Å²) in [6, 6.07) is 3.05. The van der Waals surface area contributed by atoms with Gasteiger partial charge in [0.1, 0.15) is 0 Å². The van der Waals surface area contributed by atoms with E-state index in [1.54, 1.807) is 24.5 Å². The molecule has 2 rings (SSSR count). The van der Waals surface area contributed by atoms with Gasteiger partial charge in [-0.25, -0.2) is 4.79 Å². The molecule has 106 valence electrons. The quantitative estimate of drug-likeness (QED) is 0.856. The number of pyridine rings is 1. The average Bonchev–Trinajstić information content (AvgIpc) is 2.46. The lowest BCUT2D eigenvalue weighted by molar-refractivity contribution is 0.250. The normalized spacial score (nSPS) is 21.9. The lowest BCUT2D eigenvalue weighted by Crippen LogP contribution is -2.39. The van der Waals surface area contributed by atoms with E-state index in [1.165, 1.54) is 24.2 Å². The molecule has 0 saturated heterocycles. The second-order valence-corrected chi connectivity index (χ2v) is 5.31. The Morgan fingerprint density at radius 2 is 2.05 bits per heavy atom. The van der Waals surface area contributed by atoms with E-state index in [1.807, 2.05) is 0 Å². The van der Waals surface area contributed by atoms with Crippen LogP contribution in [0.4, 0.5) is 10.5 Å². The van der Waals surface area contributed by atoms with Gasteiger partial charge in [0.2, 0.25) is 0 Å². The molecule has 1 heterocycles. The number of rotatable bonds is 3. The van der Waals surface area contributed by atoms with E-state index in [2.05, 4.69) is 24.2 Å². The molecular formula is C16H21N3O. The largest absolute Gasteiger partial charge is 0.351 e. The number of allylic oxidation sites excluding steroid dienone is 1. The molecule has 2 unspecified atom stereocenters. The fourth-order valence-corrected chi connectivity index (χ4v) is 2.98. The van der Waals surface area contributed by atoms with Gasteiger partial charge in [0.15, 0.2) is 0 Å². The fourth-order valence-electron chi connectivity index (χ4n) is 2.98. The third kappa shape index (κ3) is 2.91. The van der Waals surface area contributed by atoms with Crippen molar-refractivity contribution in [3.05, 3.63) is 42.5 Å². The minimum atomic E-state index is -0.500. The molecule has 20 heavy (non-hydrogen) atoms. The Labute approximate surface area is 120 Å². The number of urea groups is 1. The van der Waals surface area contributed by atoms with Gasteiger partial charge < -0.3 is 5.73 Å². The zero-order valence-electron chi connectivity index (χ0n) is 11.9. The standard InChI is InChI=1S/C16H21N3O/c1-3-15(14-7-5-4-6-12(14)2)19(16(17)20)13-8-10-18-11-9-13/h8-12,14H,1,4-7H2,2H3,(H2,17,20). The van der Waals surface area contributed by atoms with Gasteiger partial charge in [-0.2, -0.15) is 0 Å². The van der Waals surface area contributed by atoms with Crippen LogP contribution >= 0.6 is 0 Å². The number of carbonyl (C=O) groups excluding carboxylic acids is 1. The Balaban J connectivity index is 2.36. The summed E-state index contributed by atoms with van der Waals surface area (Å²) in [7, 11) is 0. The maximum atomic E-state index is 11.9. The molecule has 1 fully saturated rings. The Hall–Kier alpha value is -2.06. The second-order valence-electron chi connectivity index (χ2n) is 5.31. The first-order valence-electron chi connectivity index (χ1n) is 7.04. The Morgan fingerprint density at radius 3 is 2.60 bits per heavy atom. The van der Waals surface area contributed by atoms with Gasteiger partial charge in [0.25, 0.3) is 0 Å². The summed E-state index contributed by atoms with van der Waals surface area (Å²) < 4.78 is 0. The summed E-state index contributed by atoms with van der Waals surface area (Å²) >= 11 is 0. The Bertz CT molecular complexity index is 520. The third-order valence-corrected chi connectivity index (χ3v) is 4.03. The van der Waals surface area contributed by atoms with E-state index in [-0.39, 0.29) is 5.92 Å². The highest BCUT2D eigenvalue weighted by Crippen LogP contribution is 2.37. The smallest absolute Gasteiger partial charge is 0.324 e. The van der Waals surface area contributed by atoms with Crippen LogP contribution in [0, 0.1) is 11.8 Å². The van der Waals surface area contributed by atoms with Crippen molar-refractivity contribution >= 4 is 11.7 Å². The lowest BCUT2D eigenvalue weighted by Gasteiger charge is -2.34. The molecule has 4 heteroatoms. The number of anilines is 1. The summed E-state index contributed by atoms with van der Waals surface area (Å²) in [6.07, 6.45) is 7.93. The first-order valence-corrected chi connectivity index (χ1v) is 7.04. The highest BCUT2D eigenvalue weighted by Gasteiger charge is 2.30. The van der Waals surface area contributed by atoms with E-state index in [0.29, 0.717) is 5.92 Å². The van der Waals surface area contributed by atoms with Gasteiger partial charge in [-0.05, 0) is 24.5 Å². The SMILES string of the molecule is C=C=C(C1CCCCC1C)N(C(N)=O)c1ccncc1. The number of nitrogens with two attached hydrogens (primary N) is 1. The minimum Gasteiger partial charge on any atom is -0.351 e. The van der Waals surface area contributed by atoms with Crippen LogP contribution in [-0.2, 0) is 0 Å². The van der Waals surface area contributed by atoms with Crippen molar-refractivity contribution in [2.24, 2.45) is 17.6 Å². The second kappa shape index (κ2) is 6.40. The van der Waals surface area contributed by atoms with Crippen LogP contribution in [0.25, 0.3) is 0 Å². The molecule has 0 aliphatic heterocycles. The highest BCUT2D eigenvalue weighted by atomic mass is 16.2. The molecule has 0 bridgehead atoms. The number of amides is 2. The van der Waals surface area contributed by atoms with E-state index in [9.17, 15) is 4.79 Å². The van der Waals surface area contributed by atoms with Crippen LogP contribution in [0.15, 0.2) is 42.5 Å². The van der Waals surface area contributed by atoms with Gasteiger partial charge >= 0.3 is 6.03 Å². The Morgan fingerprint density at radius 1 is 1.40 bits per heavy atom. The summed E-state index contributed by atoms with van der Waals surface area (Å²) in [5.41, 5.74) is 10.0. The van der Waals surface area contributed by atoms with Crippen LogP contribution < -0.4 is 10.6 Å². The molecular weight excluding hydrogens is 250 g/mol. The zero-order chi connectivity index (χ0) is 14.5. The van der Waals surface area contributed by atoms with Crippen LogP contribution in [0.3, 0.4) is 0 Å². The Kier molecular flexibility index (Phi) is 4.59. The van der Waals surface area contributed by atoms with Crippen molar-refractivity contribution in [3.8, 4) is 0 Å². The first-order chi connectivity index (χ1) is 9.65. The summed E-state index contributed by atoms with van der Waals surface area (Å²) in [6.45, 7) is 5.99. The topological polar surface area (TPSA) is 59.2 Å². The van der Waals surface area contributed by atoms with Crippen molar-refractivity contribution < 1.29 is 4.79 Å². The van der Waals surface area contributed by atoms with Gasteiger partial charge in [0, 0.05) is 18.3 Å². The monoisotopic (exact) mass is 271 g/mol. The first kappa shape index (κ1) is 14.4. The molecule has 0 aromatic carbocycles. The van der Waals surface area contributed by atoms with E-state index in [0.717, 1.165) is 17.8 Å². The molecule has 1 aliphatic rings. The number of carbonyl (C=O) groups is 1. The van der Waals surface area contributed by atoms with Gasteiger partial charge in [0.05, 0.1) is 11.4 Å². The summed E-state index contributed by atoms with van der Waals surface area (Å²) in [4.78, 5) is 17.4. The van der Waals surface area contributed by atoms with Crippen molar-refractivity contribution in [2.45, 2.75) is 32.6 Å². The van der Waals surface area contributed by atoms with Crippen molar-refractivity contribution in [1.82, 2.24) is 4.98 Å². The number of primary amides is 1. The maximum Gasteiger partial charge on any atom is 0.324 e. The van der Waals surface area contributed by atoms with E-state index >= 15 is 0 Å². The van der Waals surface area contributed by atoms with Crippen LogP contribution in [0.2, 0.25) is 0 Å². The molecule has 1 aromatic heterocycles. The van der Waals surface area contributed by atoms with Crippen molar-refractivity contribution in [3.63, 3.8) is 0 Å². The average molecular weight is 271 g/mol. The fraction of sp³-hybridized carbons (Fsp3) is 0.438. The number of hydrogen-bond donors (Lipinski definition) is 1. The highest BCUT2D eigenvalue weighted by molar-refractivity contribution is 5.93. The molecule has 1 aliphatic carbocycles. The lowest BCUT2D eigenvalue weighted by atomic mass is 9.78. The van der Waals surface area contributed by atoms with E-state index < -0.39 is 6.03 Å². The van der Waals surface area contributed by atoms with Crippen molar-refractivity contribution in [1.29, 1.82) is 0 Å². The van der Waals surface area contributed by atoms with Gasteiger partial charge in [-0.3, -0.25) is 9.88 Å². The van der Waals surface area contributed by atoms with Crippen molar-refractivity contribution in [2.75, 3.05) is 4.90 Å².